The van der Waals surface area contributed by atoms with Crippen LogP contribution >= 0.6 is 11.6 Å². The van der Waals surface area contributed by atoms with Crippen LogP contribution in [-0.2, 0) is 0 Å². The highest BCUT2D eigenvalue weighted by molar-refractivity contribution is 6.32. The molecule has 4 heterocycles. The largest absolute Gasteiger partial charge is 0.350 e. The second kappa shape index (κ2) is 7.65. The molecule has 1 fully saturated rings. The number of alkyl halides is 1. The number of benzene rings is 1. The molecule has 1 aliphatic rings. The lowest BCUT2D eigenvalue weighted by molar-refractivity contribution is 0.273. The van der Waals surface area contributed by atoms with E-state index >= 15 is 0 Å². The average Bonchev–Trinajstić information content (AvgIpc) is 3.19. The maximum atomic E-state index is 14.4. The number of fused-ring (bicyclic) bond motifs is 1. The predicted octanol–water partition coefficient (Wildman–Crippen LogP) is 3.92. The Bertz CT molecular complexity index is 1390. The van der Waals surface area contributed by atoms with E-state index in [0.717, 1.165) is 18.3 Å². The first-order valence-electron chi connectivity index (χ1n) is 9.34. The standard InChI is InChI=1S/C20H12ClF3N8/c21-14-2-11(22)1-10(4-25)19(14)32-8-13-18(30-32)15(24)5-26-20(13)29-16-3-17(28-9-27-16)31-6-12(23)7-31/h1-3,5,8-9,12H,6-7H2,(H,26,27,28,29). The van der Waals surface area contributed by atoms with Gasteiger partial charge in [0.2, 0.25) is 0 Å². The molecule has 8 nitrogen and oxygen atoms in total. The van der Waals surface area contributed by atoms with Crippen molar-refractivity contribution in [2.75, 3.05) is 23.3 Å². The van der Waals surface area contributed by atoms with Crippen LogP contribution in [0.15, 0.2) is 36.9 Å². The molecule has 4 aromatic rings. The molecule has 0 bridgehead atoms. The Morgan fingerprint density at radius 3 is 2.72 bits per heavy atom. The molecule has 0 spiro atoms. The summed E-state index contributed by atoms with van der Waals surface area (Å²) in [5.74, 6) is -0.228. The second-order valence-corrected chi connectivity index (χ2v) is 7.48. The van der Waals surface area contributed by atoms with Gasteiger partial charge in [0.25, 0.3) is 0 Å². The van der Waals surface area contributed by atoms with Crippen LogP contribution in [0.4, 0.5) is 30.6 Å². The molecule has 1 N–H and O–H groups in total. The molecule has 0 saturated carbocycles. The van der Waals surface area contributed by atoms with Gasteiger partial charge in [-0.15, -0.1) is 0 Å². The lowest BCUT2D eigenvalue weighted by Gasteiger charge is -2.35. The number of pyridine rings is 1. The highest BCUT2D eigenvalue weighted by atomic mass is 35.5. The van der Waals surface area contributed by atoms with Crippen LogP contribution in [-0.4, -0.2) is 44.0 Å². The molecule has 0 amide bonds. The number of aromatic nitrogens is 5. The topological polar surface area (TPSA) is 95.6 Å². The van der Waals surface area contributed by atoms with Crippen LogP contribution in [0.3, 0.4) is 0 Å². The van der Waals surface area contributed by atoms with Crippen molar-refractivity contribution in [3.05, 3.63) is 59.1 Å². The first-order chi connectivity index (χ1) is 15.4. The number of halogens is 4. The number of nitrogens with one attached hydrogen (secondary N) is 1. The van der Waals surface area contributed by atoms with Crippen molar-refractivity contribution in [3.8, 4) is 11.8 Å². The third-order valence-electron chi connectivity index (χ3n) is 4.94. The van der Waals surface area contributed by atoms with Gasteiger partial charge in [-0.25, -0.2) is 32.8 Å². The molecular weight excluding hydrogens is 445 g/mol. The smallest absolute Gasteiger partial charge is 0.169 e. The number of hydrogen-bond donors (Lipinski definition) is 1. The highest BCUT2D eigenvalue weighted by Gasteiger charge is 2.27. The van der Waals surface area contributed by atoms with E-state index in [0.29, 0.717) is 11.6 Å². The fourth-order valence-electron chi connectivity index (χ4n) is 3.40. The third-order valence-corrected chi connectivity index (χ3v) is 5.23. The zero-order chi connectivity index (χ0) is 22.4. The molecule has 5 rings (SSSR count). The minimum absolute atomic E-state index is 0.0379. The molecule has 160 valence electrons. The Balaban J connectivity index is 1.56. The van der Waals surface area contributed by atoms with Gasteiger partial charge in [0.15, 0.2) is 5.82 Å². The Kier molecular flexibility index (Phi) is 4.79. The normalized spacial score (nSPS) is 13.8. The first kappa shape index (κ1) is 20.0. The molecular formula is C20H12ClF3N8. The monoisotopic (exact) mass is 456 g/mol. The van der Waals surface area contributed by atoms with E-state index in [1.165, 1.54) is 17.2 Å². The van der Waals surface area contributed by atoms with Crippen molar-refractivity contribution in [1.82, 2.24) is 24.7 Å². The van der Waals surface area contributed by atoms with Crippen molar-refractivity contribution >= 4 is 40.0 Å². The maximum Gasteiger partial charge on any atom is 0.169 e. The van der Waals surface area contributed by atoms with Crippen LogP contribution < -0.4 is 10.2 Å². The van der Waals surface area contributed by atoms with E-state index in [1.54, 1.807) is 11.0 Å². The third kappa shape index (κ3) is 3.44. The summed E-state index contributed by atoms with van der Waals surface area (Å²) in [6.45, 7) is 0.504. The lowest BCUT2D eigenvalue weighted by atomic mass is 10.2. The van der Waals surface area contributed by atoms with Crippen LogP contribution in [0.2, 0.25) is 5.02 Å². The quantitative estimate of drug-likeness (QED) is 0.497. The molecule has 1 aromatic carbocycles. The van der Waals surface area contributed by atoms with E-state index in [4.69, 9.17) is 11.6 Å². The molecule has 0 radical (unpaired) electrons. The van der Waals surface area contributed by atoms with Gasteiger partial charge in [0, 0.05) is 12.3 Å². The summed E-state index contributed by atoms with van der Waals surface area (Å²) in [7, 11) is 0. The number of rotatable bonds is 4. The predicted molar refractivity (Wildman–Crippen MR) is 111 cm³/mol. The molecule has 3 aromatic heterocycles. The summed E-state index contributed by atoms with van der Waals surface area (Å²) in [6, 6.07) is 5.54. The molecule has 0 unspecified atom stereocenters. The number of nitriles is 1. The van der Waals surface area contributed by atoms with E-state index in [1.807, 2.05) is 6.07 Å². The van der Waals surface area contributed by atoms with E-state index in [-0.39, 0.29) is 46.1 Å². The Labute approximate surface area is 183 Å². The Morgan fingerprint density at radius 1 is 1.16 bits per heavy atom. The van der Waals surface area contributed by atoms with Gasteiger partial charge in [0.05, 0.1) is 35.3 Å². The van der Waals surface area contributed by atoms with Crippen molar-refractivity contribution in [1.29, 1.82) is 5.26 Å². The van der Waals surface area contributed by atoms with Gasteiger partial charge in [0.1, 0.15) is 53.0 Å². The zero-order valence-corrected chi connectivity index (χ0v) is 16.9. The van der Waals surface area contributed by atoms with Crippen molar-refractivity contribution < 1.29 is 13.2 Å². The average molecular weight is 457 g/mol. The highest BCUT2D eigenvalue weighted by Crippen LogP contribution is 2.31. The molecule has 0 atom stereocenters. The minimum atomic E-state index is -0.887. The van der Waals surface area contributed by atoms with Crippen molar-refractivity contribution in [2.24, 2.45) is 0 Å². The summed E-state index contributed by atoms with van der Waals surface area (Å²) in [4.78, 5) is 14.1. The zero-order valence-electron chi connectivity index (χ0n) is 16.1. The van der Waals surface area contributed by atoms with E-state index < -0.39 is 17.8 Å². The number of nitrogens with zero attached hydrogens (tertiary/aromatic N) is 7. The van der Waals surface area contributed by atoms with Crippen LogP contribution in [0.25, 0.3) is 16.6 Å². The molecule has 1 aliphatic heterocycles. The number of anilines is 3. The fraction of sp³-hybridized carbons (Fsp3) is 0.150. The second-order valence-electron chi connectivity index (χ2n) is 7.07. The Hall–Kier alpha value is -3.91. The summed E-state index contributed by atoms with van der Waals surface area (Å²) in [5.41, 5.74) is 0.0101. The maximum absolute atomic E-state index is 14.4. The van der Waals surface area contributed by atoms with Gasteiger partial charge >= 0.3 is 0 Å². The Morgan fingerprint density at radius 2 is 1.97 bits per heavy atom. The SMILES string of the molecule is N#Cc1cc(F)cc(Cl)c1-n1cc2c(Nc3cc(N4CC(F)C4)ncn3)ncc(F)c2n1. The van der Waals surface area contributed by atoms with Crippen LogP contribution in [0.1, 0.15) is 5.56 Å². The molecule has 0 aliphatic carbocycles. The summed E-state index contributed by atoms with van der Waals surface area (Å²) in [6.07, 6.45) is 2.86. The van der Waals surface area contributed by atoms with Gasteiger partial charge in [-0.05, 0) is 12.1 Å². The van der Waals surface area contributed by atoms with E-state index in [2.05, 4.69) is 25.4 Å². The molecule has 12 heteroatoms. The molecule has 32 heavy (non-hydrogen) atoms. The van der Waals surface area contributed by atoms with Gasteiger partial charge in [-0.2, -0.15) is 10.4 Å². The summed E-state index contributed by atoms with van der Waals surface area (Å²) >= 11 is 6.14. The summed E-state index contributed by atoms with van der Waals surface area (Å²) < 4.78 is 42.5. The molecule has 1 saturated heterocycles. The van der Waals surface area contributed by atoms with Crippen LogP contribution in [0.5, 0.6) is 0 Å². The first-order valence-corrected chi connectivity index (χ1v) is 9.72. The van der Waals surface area contributed by atoms with Gasteiger partial charge < -0.3 is 10.2 Å². The van der Waals surface area contributed by atoms with Crippen molar-refractivity contribution in [3.63, 3.8) is 0 Å². The minimum Gasteiger partial charge on any atom is -0.350 e. The fourth-order valence-corrected chi connectivity index (χ4v) is 3.69. The van der Waals surface area contributed by atoms with Crippen LogP contribution in [0, 0.1) is 23.0 Å². The lowest BCUT2D eigenvalue weighted by Crippen LogP contribution is -2.48. The number of hydrogen-bond acceptors (Lipinski definition) is 7. The van der Waals surface area contributed by atoms with E-state index in [9.17, 15) is 18.4 Å². The van der Waals surface area contributed by atoms with Crippen molar-refractivity contribution in [2.45, 2.75) is 6.17 Å². The van der Waals surface area contributed by atoms with Gasteiger partial charge in [-0.1, -0.05) is 11.6 Å². The van der Waals surface area contributed by atoms with Gasteiger partial charge in [-0.3, -0.25) is 0 Å². The summed E-state index contributed by atoms with van der Waals surface area (Å²) in [5, 5.41) is 16.8.